The van der Waals surface area contributed by atoms with Gasteiger partial charge >= 0.3 is 0 Å². The SMILES string of the molecule is CN(C)C(=O)Cc1ccc(NC(=O)C2CCNC2)cc1.Cl. The van der Waals surface area contributed by atoms with Crippen LogP contribution in [0.2, 0.25) is 0 Å². The summed E-state index contributed by atoms with van der Waals surface area (Å²) in [6.45, 7) is 1.66. The van der Waals surface area contributed by atoms with Crippen LogP contribution in [0.25, 0.3) is 0 Å². The van der Waals surface area contributed by atoms with Gasteiger partial charge in [-0.3, -0.25) is 9.59 Å². The molecule has 0 aliphatic carbocycles. The molecule has 2 N–H and O–H groups in total. The van der Waals surface area contributed by atoms with Gasteiger partial charge in [-0.05, 0) is 30.7 Å². The lowest BCUT2D eigenvalue weighted by Gasteiger charge is -2.12. The van der Waals surface area contributed by atoms with Crippen molar-refractivity contribution in [3.8, 4) is 0 Å². The van der Waals surface area contributed by atoms with Crippen LogP contribution in [0.5, 0.6) is 0 Å². The number of likely N-dealkylation sites (N-methyl/N-ethyl adjacent to an activating group) is 1. The molecule has 0 spiro atoms. The van der Waals surface area contributed by atoms with Gasteiger partial charge in [0.25, 0.3) is 0 Å². The fourth-order valence-corrected chi connectivity index (χ4v) is 2.16. The van der Waals surface area contributed by atoms with Crippen molar-refractivity contribution in [2.45, 2.75) is 12.8 Å². The molecule has 21 heavy (non-hydrogen) atoms. The summed E-state index contributed by atoms with van der Waals surface area (Å²) in [5, 5.41) is 6.09. The van der Waals surface area contributed by atoms with Gasteiger partial charge in [0, 0.05) is 26.3 Å². The van der Waals surface area contributed by atoms with Crippen LogP contribution in [0, 0.1) is 5.92 Å². The quantitative estimate of drug-likeness (QED) is 0.881. The van der Waals surface area contributed by atoms with E-state index >= 15 is 0 Å². The van der Waals surface area contributed by atoms with Gasteiger partial charge in [-0.2, -0.15) is 0 Å². The van der Waals surface area contributed by atoms with E-state index in [1.54, 1.807) is 19.0 Å². The van der Waals surface area contributed by atoms with Gasteiger partial charge in [0.15, 0.2) is 0 Å². The Labute approximate surface area is 131 Å². The van der Waals surface area contributed by atoms with Crippen molar-refractivity contribution in [3.05, 3.63) is 29.8 Å². The molecular formula is C15H22ClN3O2. The van der Waals surface area contributed by atoms with E-state index in [2.05, 4.69) is 10.6 Å². The molecule has 0 aromatic heterocycles. The van der Waals surface area contributed by atoms with Gasteiger partial charge in [0.2, 0.25) is 11.8 Å². The molecule has 0 radical (unpaired) electrons. The average molecular weight is 312 g/mol. The maximum Gasteiger partial charge on any atom is 0.228 e. The summed E-state index contributed by atoms with van der Waals surface area (Å²) in [5.41, 5.74) is 1.73. The lowest BCUT2D eigenvalue weighted by atomic mass is 10.1. The normalized spacial score (nSPS) is 17.0. The van der Waals surface area contributed by atoms with E-state index in [0.29, 0.717) is 6.42 Å². The number of nitrogens with zero attached hydrogens (tertiary/aromatic N) is 1. The number of carbonyl (C=O) groups excluding carboxylic acids is 2. The largest absolute Gasteiger partial charge is 0.349 e. The third-order valence-electron chi connectivity index (χ3n) is 3.51. The number of hydrogen-bond acceptors (Lipinski definition) is 3. The second-order valence-electron chi connectivity index (χ2n) is 5.34. The molecule has 1 saturated heterocycles. The fourth-order valence-electron chi connectivity index (χ4n) is 2.16. The average Bonchev–Trinajstić information content (AvgIpc) is 2.95. The summed E-state index contributed by atoms with van der Waals surface area (Å²) in [6, 6.07) is 7.45. The molecule has 6 heteroatoms. The Bertz CT molecular complexity index is 482. The summed E-state index contributed by atoms with van der Waals surface area (Å²) >= 11 is 0. The number of rotatable bonds is 4. The molecule has 1 aliphatic rings. The van der Waals surface area contributed by atoms with Crippen LogP contribution in [0.4, 0.5) is 5.69 Å². The first-order valence-electron chi connectivity index (χ1n) is 6.87. The molecule has 2 amide bonds. The number of halogens is 1. The van der Waals surface area contributed by atoms with Crippen LogP contribution in [0.1, 0.15) is 12.0 Å². The van der Waals surface area contributed by atoms with Crippen LogP contribution < -0.4 is 10.6 Å². The van der Waals surface area contributed by atoms with Crippen LogP contribution in [-0.2, 0) is 16.0 Å². The van der Waals surface area contributed by atoms with Crippen molar-refractivity contribution in [2.75, 3.05) is 32.5 Å². The molecule has 1 atom stereocenters. The molecular weight excluding hydrogens is 290 g/mol. The minimum atomic E-state index is 0. The molecule has 116 valence electrons. The summed E-state index contributed by atoms with van der Waals surface area (Å²) < 4.78 is 0. The van der Waals surface area contributed by atoms with Crippen molar-refractivity contribution in [2.24, 2.45) is 5.92 Å². The molecule has 1 heterocycles. The Kier molecular flexibility index (Phi) is 6.65. The lowest BCUT2D eigenvalue weighted by molar-refractivity contribution is -0.128. The topological polar surface area (TPSA) is 61.4 Å². The van der Waals surface area contributed by atoms with E-state index in [4.69, 9.17) is 0 Å². The summed E-state index contributed by atoms with van der Waals surface area (Å²) in [4.78, 5) is 25.1. The second-order valence-corrected chi connectivity index (χ2v) is 5.34. The van der Waals surface area contributed by atoms with E-state index in [-0.39, 0.29) is 30.1 Å². The van der Waals surface area contributed by atoms with Crippen LogP contribution in [-0.4, -0.2) is 43.9 Å². The standard InChI is InChI=1S/C15H21N3O2.ClH/c1-18(2)14(19)9-11-3-5-13(6-4-11)17-15(20)12-7-8-16-10-12;/h3-6,12,16H,7-10H2,1-2H3,(H,17,20);1H. The maximum absolute atomic E-state index is 12.0. The number of benzene rings is 1. The van der Waals surface area contributed by atoms with Crippen molar-refractivity contribution in [1.29, 1.82) is 0 Å². The molecule has 0 saturated carbocycles. The van der Waals surface area contributed by atoms with E-state index < -0.39 is 0 Å². The van der Waals surface area contributed by atoms with E-state index in [1.165, 1.54) is 0 Å². The monoisotopic (exact) mass is 311 g/mol. The van der Waals surface area contributed by atoms with E-state index in [1.807, 2.05) is 24.3 Å². The molecule has 5 nitrogen and oxygen atoms in total. The van der Waals surface area contributed by atoms with E-state index in [9.17, 15) is 9.59 Å². The predicted octanol–water partition coefficient (Wildman–Crippen LogP) is 1.29. The van der Waals surface area contributed by atoms with Crippen LogP contribution in [0.3, 0.4) is 0 Å². The van der Waals surface area contributed by atoms with Gasteiger partial charge in [0.1, 0.15) is 0 Å². The zero-order valence-corrected chi connectivity index (χ0v) is 13.2. The van der Waals surface area contributed by atoms with Gasteiger partial charge in [0.05, 0.1) is 12.3 Å². The third-order valence-corrected chi connectivity index (χ3v) is 3.51. The van der Waals surface area contributed by atoms with Crippen molar-refractivity contribution < 1.29 is 9.59 Å². The van der Waals surface area contributed by atoms with Crippen LogP contribution in [0.15, 0.2) is 24.3 Å². The Hall–Kier alpha value is -1.59. The summed E-state index contributed by atoms with van der Waals surface area (Å²) in [6.07, 6.45) is 1.27. The zero-order chi connectivity index (χ0) is 14.5. The Morgan fingerprint density at radius 2 is 1.95 bits per heavy atom. The number of amides is 2. The van der Waals surface area contributed by atoms with Gasteiger partial charge < -0.3 is 15.5 Å². The number of nitrogens with one attached hydrogen (secondary N) is 2. The van der Waals surface area contributed by atoms with Gasteiger partial charge in [-0.25, -0.2) is 0 Å². The Balaban J connectivity index is 0.00000220. The molecule has 0 bridgehead atoms. The highest BCUT2D eigenvalue weighted by molar-refractivity contribution is 5.93. The lowest BCUT2D eigenvalue weighted by Crippen LogP contribution is -2.24. The number of anilines is 1. The predicted molar refractivity (Wildman–Crippen MR) is 85.7 cm³/mol. The first-order valence-corrected chi connectivity index (χ1v) is 6.87. The first kappa shape index (κ1) is 17.5. The molecule has 2 rings (SSSR count). The van der Waals surface area contributed by atoms with Gasteiger partial charge in [-0.15, -0.1) is 12.4 Å². The zero-order valence-electron chi connectivity index (χ0n) is 12.4. The summed E-state index contributed by atoms with van der Waals surface area (Å²) in [5.74, 6) is 0.191. The Morgan fingerprint density at radius 1 is 1.29 bits per heavy atom. The van der Waals surface area contributed by atoms with Crippen molar-refractivity contribution >= 4 is 29.9 Å². The highest BCUT2D eigenvalue weighted by Crippen LogP contribution is 2.14. The number of carbonyl (C=O) groups is 2. The Morgan fingerprint density at radius 3 is 2.48 bits per heavy atom. The highest BCUT2D eigenvalue weighted by atomic mass is 35.5. The molecule has 1 aliphatic heterocycles. The first-order chi connectivity index (χ1) is 9.56. The maximum atomic E-state index is 12.0. The number of hydrogen-bond donors (Lipinski definition) is 2. The molecule has 1 aromatic carbocycles. The molecule has 1 fully saturated rings. The summed E-state index contributed by atoms with van der Waals surface area (Å²) in [7, 11) is 3.49. The molecule has 1 unspecified atom stereocenters. The minimum absolute atomic E-state index is 0. The van der Waals surface area contributed by atoms with Gasteiger partial charge in [-0.1, -0.05) is 12.1 Å². The second kappa shape index (κ2) is 8.00. The smallest absolute Gasteiger partial charge is 0.228 e. The minimum Gasteiger partial charge on any atom is -0.349 e. The molecule has 1 aromatic rings. The van der Waals surface area contributed by atoms with Crippen molar-refractivity contribution in [3.63, 3.8) is 0 Å². The third kappa shape index (κ3) is 5.02. The van der Waals surface area contributed by atoms with E-state index in [0.717, 1.165) is 30.8 Å². The highest BCUT2D eigenvalue weighted by Gasteiger charge is 2.22. The van der Waals surface area contributed by atoms with Crippen molar-refractivity contribution in [1.82, 2.24) is 10.2 Å². The fraction of sp³-hybridized carbons (Fsp3) is 0.467. The van der Waals surface area contributed by atoms with Crippen LogP contribution >= 0.6 is 12.4 Å².